The first-order chi connectivity index (χ1) is 15.4. The maximum Gasteiger partial charge on any atom is 0.274 e. The van der Waals surface area contributed by atoms with Crippen LogP contribution < -0.4 is 5.32 Å². The molecule has 2 aromatic heterocycles. The molecule has 3 aromatic rings. The minimum Gasteiger partial charge on any atom is -0.391 e. The van der Waals surface area contributed by atoms with Crippen LogP contribution >= 0.6 is 11.8 Å². The third kappa shape index (κ3) is 4.97. The summed E-state index contributed by atoms with van der Waals surface area (Å²) >= 11 is 1.58. The number of likely N-dealkylation sites (tertiary alicyclic amines) is 1. The highest BCUT2D eigenvalue weighted by molar-refractivity contribution is 7.99. The Morgan fingerprint density at radius 3 is 2.84 bits per heavy atom. The van der Waals surface area contributed by atoms with E-state index in [0.717, 1.165) is 10.7 Å². The number of aliphatic hydroxyl groups excluding tert-OH is 1. The molecule has 3 heterocycles. The number of nitrogens with one attached hydrogen (secondary N) is 1. The van der Waals surface area contributed by atoms with E-state index in [-0.39, 0.29) is 16.9 Å². The van der Waals surface area contributed by atoms with E-state index in [1.807, 2.05) is 35.9 Å². The van der Waals surface area contributed by atoms with Gasteiger partial charge in [0.1, 0.15) is 12.0 Å². The molecule has 1 aromatic carbocycles. The van der Waals surface area contributed by atoms with Gasteiger partial charge in [0.15, 0.2) is 5.16 Å². The molecule has 2 atom stereocenters. The SMILES string of the molecule is C[C@H](Sc1nncn1C)c1cccc(NC(=O)c2cc(C(=O)N3CC[C@H](O)C3)ccn2)c1. The molecule has 0 radical (unpaired) electrons. The van der Waals surface area contributed by atoms with Gasteiger partial charge in [-0.05, 0) is 43.2 Å². The molecule has 1 fully saturated rings. The first-order valence-corrected chi connectivity index (χ1v) is 11.1. The van der Waals surface area contributed by atoms with Gasteiger partial charge in [-0.25, -0.2) is 0 Å². The average molecular weight is 453 g/mol. The number of amides is 2. The minimum atomic E-state index is -0.495. The van der Waals surface area contributed by atoms with E-state index in [9.17, 15) is 14.7 Å². The number of nitrogens with zero attached hydrogens (tertiary/aromatic N) is 5. The van der Waals surface area contributed by atoms with E-state index < -0.39 is 12.0 Å². The van der Waals surface area contributed by atoms with Gasteiger partial charge in [0.05, 0.1) is 6.10 Å². The van der Waals surface area contributed by atoms with Gasteiger partial charge in [-0.2, -0.15) is 0 Å². The predicted molar refractivity (Wildman–Crippen MR) is 120 cm³/mol. The number of aromatic nitrogens is 4. The van der Waals surface area contributed by atoms with Gasteiger partial charge in [0.2, 0.25) is 0 Å². The normalized spacial score (nSPS) is 16.7. The number of pyridine rings is 1. The van der Waals surface area contributed by atoms with Crippen molar-refractivity contribution in [2.75, 3.05) is 18.4 Å². The maximum absolute atomic E-state index is 12.8. The lowest BCUT2D eigenvalue weighted by Gasteiger charge is -2.16. The monoisotopic (exact) mass is 452 g/mol. The summed E-state index contributed by atoms with van der Waals surface area (Å²) in [6.45, 7) is 2.87. The van der Waals surface area contributed by atoms with Gasteiger partial charge in [0, 0.05) is 42.8 Å². The molecule has 4 rings (SSSR count). The Morgan fingerprint density at radius 2 is 2.12 bits per heavy atom. The van der Waals surface area contributed by atoms with Crippen LogP contribution in [0.25, 0.3) is 0 Å². The van der Waals surface area contributed by atoms with Crippen molar-refractivity contribution in [1.29, 1.82) is 0 Å². The van der Waals surface area contributed by atoms with Gasteiger partial charge >= 0.3 is 0 Å². The highest BCUT2D eigenvalue weighted by atomic mass is 32.2. The number of thioether (sulfide) groups is 1. The highest BCUT2D eigenvalue weighted by Gasteiger charge is 2.26. The van der Waals surface area contributed by atoms with Crippen LogP contribution in [0, 0.1) is 0 Å². The Morgan fingerprint density at radius 1 is 1.28 bits per heavy atom. The number of hydrogen-bond acceptors (Lipinski definition) is 7. The number of carbonyl (C=O) groups is 2. The quantitative estimate of drug-likeness (QED) is 0.553. The lowest BCUT2D eigenvalue weighted by atomic mass is 10.1. The summed E-state index contributed by atoms with van der Waals surface area (Å²) < 4.78 is 1.86. The Kier molecular flexibility index (Phi) is 6.52. The number of carbonyl (C=O) groups excluding carboxylic acids is 2. The summed E-state index contributed by atoms with van der Waals surface area (Å²) in [6, 6.07) is 10.7. The van der Waals surface area contributed by atoms with Crippen molar-refractivity contribution in [2.24, 2.45) is 7.05 Å². The molecule has 166 valence electrons. The van der Waals surface area contributed by atoms with Gasteiger partial charge in [-0.3, -0.25) is 14.6 Å². The summed E-state index contributed by atoms with van der Waals surface area (Å²) in [7, 11) is 1.89. The summed E-state index contributed by atoms with van der Waals surface area (Å²) in [6.07, 6.45) is 3.17. The lowest BCUT2D eigenvalue weighted by Crippen LogP contribution is -2.29. The summed E-state index contributed by atoms with van der Waals surface area (Å²) in [5.41, 5.74) is 2.20. The smallest absolute Gasteiger partial charge is 0.274 e. The number of benzene rings is 1. The number of aryl methyl sites for hydroxylation is 1. The second-order valence-corrected chi connectivity index (χ2v) is 9.00. The van der Waals surface area contributed by atoms with Gasteiger partial charge < -0.3 is 19.9 Å². The first-order valence-electron chi connectivity index (χ1n) is 10.3. The summed E-state index contributed by atoms with van der Waals surface area (Å²) in [5, 5.41) is 21.4. The zero-order valence-corrected chi connectivity index (χ0v) is 18.6. The topological polar surface area (TPSA) is 113 Å². The van der Waals surface area contributed by atoms with Crippen molar-refractivity contribution < 1.29 is 14.7 Å². The largest absolute Gasteiger partial charge is 0.391 e. The molecule has 2 amide bonds. The van der Waals surface area contributed by atoms with E-state index in [2.05, 4.69) is 27.4 Å². The highest BCUT2D eigenvalue weighted by Crippen LogP contribution is 2.34. The molecule has 1 aliphatic heterocycles. The van der Waals surface area contributed by atoms with Crippen molar-refractivity contribution in [1.82, 2.24) is 24.6 Å². The van der Waals surface area contributed by atoms with Crippen molar-refractivity contribution >= 4 is 29.3 Å². The molecule has 10 heteroatoms. The van der Waals surface area contributed by atoms with E-state index in [1.54, 1.807) is 29.1 Å². The molecule has 0 unspecified atom stereocenters. The molecule has 1 aliphatic rings. The number of anilines is 1. The number of rotatable bonds is 6. The third-order valence-corrected chi connectivity index (χ3v) is 6.46. The fourth-order valence-corrected chi connectivity index (χ4v) is 4.37. The van der Waals surface area contributed by atoms with E-state index in [4.69, 9.17) is 0 Å². The van der Waals surface area contributed by atoms with Crippen LogP contribution in [-0.2, 0) is 7.05 Å². The van der Waals surface area contributed by atoms with Crippen LogP contribution in [0.15, 0.2) is 54.1 Å². The van der Waals surface area contributed by atoms with Crippen LogP contribution in [0.1, 0.15) is 45.0 Å². The van der Waals surface area contributed by atoms with Crippen LogP contribution in [-0.4, -0.2) is 60.8 Å². The lowest BCUT2D eigenvalue weighted by molar-refractivity contribution is 0.0765. The molecule has 0 spiro atoms. The zero-order valence-electron chi connectivity index (χ0n) is 17.8. The first kappa shape index (κ1) is 22.0. The fraction of sp³-hybridized carbons (Fsp3) is 0.318. The number of aliphatic hydroxyl groups is 1. The molecule has 32 heavy (non-hydrogen) atoms. The van der Waals surface area contributed by atoms with Crippen LogP contribution in [0.2, 0.25) is 0 Å². The van der Waals surface area contributed by atoms with Crippen molar-refractivity contribution in [3.63, 3.8) is 0 Å². The molecular weight excluding hydrogens is 428 g/mol. The zero-order chi connectivity index (χ0) is 22.7. The van der Waals surface area contributed by atoms with Crippen LogP contribution in [0.4, 0.5) is 5.69 Å². The van der Waals surface area contributed by atoms with E-state index >= 15 is 0 Å². The summed E-state index contributed by atoms with van der Waals surface area (Å²) in [5.74, 6) is -0.610. The van der Waals surface area contributed by atoms with E-state index in [1.165, 1.54) is 12.3 Å². The van der Waals surface area contributed by atoms with Crippen molar-refractivity contribution in [3.8, 4) is 0 Å². The Hall–Kier alpha value is -3.24. The van der Waals surface area contributed by atoms with Gasteiger partial charge in [-0.1, -0.05) is 23.9 Å². The minimum absolute atomic E-state index is 0.102. The molecular formula is C22H24N6O3S. The third-order valence-electron chi connectivity index (χ3n) is 5.26. The number of β-amino-alcohol motifs (C(OH)–C–C–N with tert-alkyl or cyclic N) is 1. The van der Waals surface area contributed by atoms with E-state index in [0.29, 0.717) is 30.8 Å². The molecule has 9 nitrogen and oxygen atoms in total. The maximum atomic E-state index is 12.8. The predicted octanol–water partition coefficient (Wildman–Crippen LogP) is 2.52. The Balaban J connectivity index is 1.44. The van der Waals surface area contributed by atoms with Gasteiger partial charge in [-0.15, -0.1) is 10.2 Å². The molecule has 0 bridgehead atoms. The summed E-state index contributed by atoms with van der Waals surface area (Å²) in [4.78, 5) is 31.1. The Labute approximate surface area is 189 Å². The number of hydrogen-bond donors (Lipinski definition) is 2. The second kappa shape index (κ2) is 9.49. The molecule has 0 saturated carbocycles. The van der Waals surface area contributed by atoms with Crippen molar-refractivity contribution in [2.45, 2.75) is 29.9 Å². The Bertz CT molecular complexity index is 1130. The molecule has 2 N–H and O–H groups in total. The van der Waals surface area contributed by atoms with Crippen LogP contribution in [0.3, 0.4) is 0 Å². The van der Waals surface area contributed by atoms with Crippen LogP contribution in [0.5, 0.6) is 0 Å². The van der Waals surface area contributed by atoms with Crippen molar-refractivity contribution in [3.05, 3.63) is 65.7 Å². The van der Waals surface area contributed by atoms with Gasteiger partial charge in [0.25, 0.3) is 11.8 Å². The second-order valence-electron chi connectivity index (χ2n) is 7.69. The molecule has 1 saturated heterocycles. The fourth-order valence-electron chi connectivity index (χ4n) is 3.47. The molecule has 0 aliphatic carbocycles. The standard InChI is InChI=1S/C22H24N6O3S/c1-14(32-22-26-24-13-27(22)2)15-4-3-5-17(10-15)25-20(30)19-11-16(6-8-23-19)21(31)28-9-7-18(29)12-28/h3-6,8,10-11,13-14,18,29H,7,9,12H2,1-2H3,(H,25,30)/t14-,18-/m0/s1. The average Bonchev–Trinajstić information content (AvgIpc) is 3.41.